The van der Waals surface area contributed by atoms with Crippen molar-refractivity contribution in [1.82, 2.24) is 10.2 Å². The number of benzene rings is 3. The number of ether oxygens (including phenoxy) is 1. The molecule has 1 N–H and O–H groups in total. The van der Waals surface area contributed by atoms with Crippen LogP contribution in [0, 0.1) is 17.8 Å². The predicted octanol–water partition coefficient (Wildman–Crippen LogP) is 6.48. The summed E-state index contributed by atoms with van der Waals surface area (Å²) in [5.41, 5.74) is 3.59. The molecule has 0 spiro atoms. The molecular weight excluding hydrogens is 635 g/mol. The van der Waals surface area contributed by atoms with E-state index in [4.69, 9.17) is 4.74 Å². The summed E-state index contributed by atoms with van der Waals surface area (Å²) in [7, 11) is -2.27. The van der Waals surface area contributed by atoms with Crippen molar-refractivity contribution in [3.8, 4) is 5.75 Å². The lowest BCUT2D eigenvalue weighted by atomic mass is 9.48. The average molecular weight is 686 g/mol. The maximum Gasteiger partial charge on any atom is 0.244 e. The molecule has 0 radical (unpaired) electrons. The molecule has 9 heteroatoms. The first-order valence-electron chi connectivity index (χ1n) is 17.8. The number of hydrogen-bond acceptors (Lipinski definition) is 5. The Hall–Kier alpha value is -3.85. The van der Waals surface area contributed by atoms with Crippen molar-refractivity contribution >= 4 is 27.5 Å². The molecule has 4 aliphatic carbocycles. The van der Waals surface area contributed by atoms with Gasteiger partial charge in [-0.3, -0.25) is 13.9 Å². The Kier molecular flexibility index (Phi) is 10.4. The Morgan fingerprint density at radius 1 is 0.898 bits per heavy atom. The first-order chi connectivity index (χ1) is 23.5. The second kappa shape index (κ2) is 14.6. The van der Waals surface area contributed by atoms with Crippen LogP contribution in [0.5, 0.6) is 5.75 Å². The van der Waals surface area contributed by atoms with Crippen LogP contribution in [0.4, 0.5) is 5.69 Å². The Morgan fingerprint density at radius 2 is 1.51 bits per heavy atom. The molecule has 3 aromatic carbocycles. The van der Waals surface area contributed by atoms with Gasteiger partial charge in [0.05, 0.1) is 19.1 Å². The first kappa shape index (κ1) is 35.0. The number of carbonyl (C=O) groups is 2. The molecule has 262 valence electrons. The van der Waals surface area contributed by atoms with Crippen LogP contribution >= 0.6 is 0 Å². The van der Waals surface area contributed by atoms with Crippen molar-refractivity contribution in [2.75, 3.05) is 24.2 Å². The van der Waals surface area contributed by atoms with Crippen molar-refractivity contribution < 1.29 is 22.7 Å². The fourth-order valence-electron chi connectivity index (χ4n) is 9.02. The highest BCUT2D eigenvalue weighted by molar-refractivity contribution is 7.92. The minimum atomic E-state index is -3.85. The third-order valence-corrected chi connectivity index (χ3v) is 12.4. The molecule has 4 bridgehead atoms. The molecular formula is C40H51N3O5S. The van der Waals surface area contributed by atoms with Crippen LogP contribution in [0.1, 0.15) is 75.5 Å². The molecule has 0 saturated heterocycles. The first-order valence-corrected chi connectivity index (χ1v) is 19.7. The Morgan fingerprint density at radius 3 is 2.08 bits per heavy atom. The fraction of sp³-hybridized carbons (Fsp3) is 0.500. The van der Waals surface area contributed by atoms with Gasteiger partial charge in [-0.1, -0.05) is 61.5 Å². The maximum atomic E-state index is 14.5. The van der Waals surface area contributed by atoms with Gasteiger partial charge in [-0.25, -0.2) is 8.42 Å². The maximum absolute atomic E-state index is 14.5. The molecule has 4 saturated carbocycles. The van der Waals surface area contributed by atoms with E-state index in [1.54, 1.807) is 7.11 Å². The summed E-state index contributed by atoms with van der Waals surface area (Å²) in [6.07, 6.45) is 9.85. The van der Waals surface area contributed by atoms with Crippen LogP contribution in [0.2, 0.25) is 0 Å². The zero-order valence-electron chi connectivity index (χ0n) is 29.3. The molecule has 2 atom stereocenters. The summed E-state index contributed by atoms with van der Waals surface area (Å²) < 4.78 is 33.4. The van der Waals surface area contributed by atoms with Gasteiger partial charge in [0.15, 0.2) is 0 Å². The summed E-state index contributed by atoms with van der Waals surface area (Å²) in [4.78, 5) is 30.0. The third kappa shape index (κ3) is 7.98. The van der Waals surface area contributed by atoms with Crippen molar-refractivity contribution in [1.29, 1.82) is 0 Å². The highest BCUT2D eigenvalue weighted by Crippen LogP contribution is 2.60. The van der Waals surface area contributed by atoms with E-state index in [2.05, 4.69) is 17.4 Å². The van der Waals surface area contributed by atoms with E-state index in [9.17, 15) is 18.0 Å². The Bertz CT molecular complexity index is 1690. The van der Waals surface area contributed by atoms with Gasteiger partial charge >= 0.3 is 0 Å². The Labute approximate surface area is 292 Å². The van der Waals surface area contributed by atoms with Gasteiger partial charge in [0.1, 0.15) is 18.3 Å². The van der Waals surface area contributed by atoms with E-state index in [1.807, 2.05) is 80.6 Å². The van der Waals surface area contributed by atoms with Crippen molar-refractivity contribution in [3.05, 3.63) is 95.6 Å². The molecule has 2 amide bonds. The number of anilines is 1. The van der Waals surface area contributed by atoms with Gasteiger partial charge in [0, 0.05) is 19.0 Å². The normalized spacial score (nSPS) is 23.8. The van der Waals surface area contributed by atoms with E-state index in [0.717, 1.165) is 41.6 Å². The summed E-state index contributed by atoms with van der Waals surface area (Å²) in [5.74, 6) is 2.29. The Balaban J connectivity index is 1.31. The highest BCUT2D eigenvalue weighted by Gasteiger charge is 2.51. The number of nitrogens with zero attached hydrogens (tertiary/aromatic N) is 2. The smallest absolute Gasteiger partial charge is 0.244 e. The summed E-state index contributed by atoms with van der Waals surface area (Å²) >= 11 is 0. The lowest BCUT2D eigenvalue weighted by Gasteiger charge is -2.57. The standard InChI is InChI=1S/C40H51N3O5S/c1-5-28(2)41-39(45)37(22-29-10-7-6-8-11-29)42(26-30-12-9-13-36(21-30)48-3)38(44)27-43(49(4,46)47)35-16-14-34(15-17-35)40-23-31-18-32(24-40)20-33(19-31)25-40/h6-17,21,28,31-33,37H,5,18-20,22-27H2,1-4H3,(H,41,45)/t28-,31?,32?,33?,37+,40?/m1/s1. The summed E-state index contributed by atoms with van der Waals surface area (Å²) in [6, 6.07) is 23.9. The molecule has 0 aliphatic heterocycles. The fourth-order valence-corrected chi connectivity index (χ4v) is 9.87. The number of amides is 2. The van der Waals surface area contributed by atoms with Crippen molar-refractivity contribution in [3.63, 3.8) is 0 Å². The van der Waals surface area contributed by atoms with Crippen LogP contribution in [0.25, 0.3) is 0 Å². The van der Waals surface area contributed by atoms with E-state index >= 15 is 0 Å². The van der Waals surface area contributed by atoms with E-state index in [-0.39, 0.29) is 30.3 Å². The van der Waals surface area contributed by atoms with Gasteiger partial charge in [-0.05, 0) is 116 Å². The molecule has 0 aromatic heterocycles. The molecule has 7 rings (SSSR count). The second-order valence-electron chi connectivity index (χ2n) is 14.9. The van der Waals surface area contributed by atoms with Crippen LogP contribution in [-0.2, 0) is 38.0 Å². The molecule has 8 nitrogen and oxygen atoms in total. The topological polar surface area (TPSA) is 96.0 Å². The minimum absolute atomic E-state index is 0.0976. The number of sulfonamides is 1. The van der Waals surface area contributed by atoms with Crippen molar-refractivity contribution in [2.45, 2.75) is 89.3 Å². The number of rotatable bonds is 14. The number of nitrogens with one attached hydrogen (secondary N) is 1. The van der Waals surface area contributed by atoms with E-state index < -0.39 is 28.5 Å². The number of methoxy groups -OCH3 is 1. The van der Waals surface area contributed by atoms with Crippen LogP contribution in [0.3, 0.4) is 0 Å². The lowest BCUT2D eigenvalue weighted by Crippen LogP contribution is -2.54. The number of hydrogen-bond donors (Lipinski definition) is 1. The zero-order chi connectivity index (χ0) is 34.8. The molecule has 4 fully saturated rings. The van der Waals surface area contributed by atoms with Gasteiger partial charge in [-0.15, -0.1) is 0 Å². The molecule has 4 aliphatic rings. The molecule has 3 aromatic rings. The van der Waals surface area contributed by atoms with Crippen molar-refractivity contribution in [2.24, 2.45) is 17.8 Å². The van der Waals surface area contributed by atoms with Crippen LogP contribution in [-0.4, -0.2) is 57.1 Å². The highest BCUT2D eigenvalue weighted by atomic mass is 32.2. The van der Waals surface area contributed by atoms with Gasteiger partial charge < -0.3 is 15.0 Å². The van der Waals surface area contributed by atoms with E-state index in [0.29, 0.717) is 11.4 Å². The molecule has 0 heterocycles. The SMILES string of the molecule is CC[C@@H](C)NC(=O)[C@H](Cc1ccccc1)N(Cc1cccc(OC)c1)C(=O)CN(c1ccc(C23CC4CC(CC(C4)C2)C3)cc1)S(C)(=O)=O. The van der Waals surface area contributed by atoms with Crippen LogP contribution in [0.15, 0.2) is 78.9 Å². The molecule has 49 heavy (non-hydrogen) atoms. The predicted molar refractivity (Wildman–Crippen MR) is 194 cm³/mol. The minimum Gasteiger partial charge on any atom is -0.497 e. The lowest BCUT2D eigenvalue weighted by molar-refractivity contribution is -0.140. The second-order valence-corrected chi connectivity index (χ2v) is 16.8. The largest absolute Gasteiger partial charge is 0.497 e. The monoisotopic (exact) mass is 685 g/mol. The van der Waals surface area contributed by atoms with Gasteiger partial charge in [-0.2, -0.15) is 0 Å². The van der Waals surface area contributed by atoms with Gasteiger partial charge in [0.25, 0.3) is 0 Å². The zero-order valence-corrected chi connectivity index (χ0v) is 30.1. The third-order valence-electron chi connectivity index (χ3n) is 11.2. The van der Waals surface area contributed by atoms with Gasteiger partial charge in [0.2, 0.25) is 21.8 Å². The summed E-state index contributed by atoms with van der Waals surface area (Å²) in [5, 5.41) is 3.08. The van der Waals surface area contributed by atoms with Crippen LogP contribution < -0.4 is 14.4 Å². The average Bonchev–Trinajstić information content (AvgIpc) is 3.08. The quantitative estimate of drug-likeness (QED) is 0.210. The van der Waals surface area contributed by atoms with E-state index in [1.165, 1.54) is 53.3 Å². The molecule has 0 unspecified atom stereocenters. The number of carbonyl (C=O) groups excluding carboxylic acids is 2. The summed E-state index contributed by atoms with van der Waals surface area (Å²) in [6.45, 7) is 3.60.